The first-order chi connectivity index (χ1) is 7.00. The quantitative estimate of drug-likeness (QED) is 0.775. The molecule has 0 saturated heterocycles. The highest BCUT2D eigenvalue weighted by Crippen LogP contribution is 2.30. The molecular formula is C12H16N2O. The number of aryl methyl sites for hydroxylation is 2. The van der Waals surface area contributed by atoms with Crippen molar-refractivity contribution in [2.75, 3.05) is 0 Å². The molecule has 1 heterocycles. The van der Waals surface area contributed by atoms with Crippen molar-refractivity contribution >= 4 is 11.0 Å². The number of hydrogen-bond acceptors (Lipinski definition) is 2. The average molecular weight is 204 g/mol. The Labute approximate surface area is 89.4 Å². The molecule has 0 unspecified atom stereocenters. The van der Waals surface area contributed by atoms with Crippen molar-refractivity contribution in [2.45, 2.75) is 26.7 Å². The van der Waals surface area contributed by atoms with Gasteiger partial charge in [-0.25, -0.2) is 4.98 Å². The van der Waals surface area contributed by atoms with Crippen LogP contribution in [-0.4, -0.2) is 14.7 Å². The molecular weight excluding hydrogens is 188 g/mol. The third kappa shape index (κ3) is 1.48. The molecule has 0 atom stereocenters. The van der Waals surface area contributed by atoms with Crippen LogP contribution in [0.3, 0.4) is 0 Å². The predicted octanol–water partition coefficient (Wildman–Crippen LogP) is 2.71. The molecule has 0 aliphatic carbocycles. The van der Waals surface area contributed by atoms with E-state index in [4.69, 9.17) is 0 Å². The summed E-state index contributed by atoms with van der Waals surface area (Å²) in [5, 5.41) is 9.87. The van der Waals surface area contributed by atoms with Gasteiger partial charge in [-0.1, -0.05) is 13.8 Å². The van der Waals surface area contributed by atoms with Crippen molar-refractivity contribution in [3.05, 3.63) is 23.5 Å². The minimum Gasteiger partial charge on any atom is -0.508 e. The third-order valence-corrected chi connectivity index (χ3v) is 2.87. The lowest BCUT2D eigenvalue weighted by Gasteiger charge is -2.08. The summed E-state index contributed by atoms with van der Waals surface area (Å²) >= 11 is 0. The number of phenolic OH excluding ortho intramolecular Hbond substituents is 1. The largest absolute Gasteiger partial charge is 0.508 e. The molecule has 3 nitrogen and oxygen atoms in total. The Balaban J connectivity index is 2.76. The SMILES string of the molecule is Cc1nc2cc(C(C)C)c(O)cc2n1C. The Bertz CT molecular complexity index is 512. The Morgan fingerprint density at radius 3 is 2.60 bits per heavy atom. The van der Waals surface area contributed by atoms with E-state index in [1.54, 1.807) is 6.07 Å². The summed E-state index contributed by atoms with van der Waals surface area (Å²) in [6.07, 6.45) is 0. The van der Waals surface area contributed by atoms with Crippen LogP contribution in [0, 0.1) is 6.92 Å². The van der Waals surface area contributed by atoms with Crippen LogP contribution in [0.15, 0.2) is 12.1 Å². The van der Waals surface area contributed by atoms with Gasteiger partial charge in [-0.05, 0) is 24.5 Å². The zero-order valence-electron chi connectivity index (χ0n) is 9.57. The molecule has 0 fully saturated rings. The normalized spacial score (nSPS) is 11.5. The van der Waals surface area contributed by atoms with E-state index < -0.39 is 0 Å². The summed E-state index contributed by atoms with van der Waals surface area (Å²) in [6, 6.07) is 3.77. The van der Waals surface area contributed by atoms with Crippen LogP contribution in [0.25, 0.3) is 11.0 Å². The lowest BCUT2D eigenvalue weighted by atomic mass is 10.0. The third-order valence-electron chi connectivity index (χ3n) is 2.87. The van der Waals surface area contributed by atoms with Crippen molar-refractivity contribution in [2.24, 2.45) is 7.05 Å². The maximum Gasteiger partial charge on any atom is 0.121 e. The topological polar surface area (TPSA) is 38.1 Å². The standard InChI is InChI=1S/C12H16N2O/c1-7(2)9-5-10-11(6-12(9)15)14(4)8(3)13-10/h5-7,15H,1-4H3. The van der Waals surface area contributed by atoms with Crippen LogP contribution in [-0.2, 0) is 7.05 Å². The van der Waals surface area contributed by atoms with Crippen molar-refractivity contribution in [1.82, 2.24) is 9.55 Å². The molecule has 0 bridgehead atoms. The van der Waals surface area contributed by atoms with E-state index in [1.807, 2.05) is 24.6 Å². The summed E-state index contributed by atoms with van der Waals surface area (Å²) in [5.41, 5.74) is 2.89. The van der Waals surface area contributed by atoms with Crippen molar-refractivity contribution in [1.29, 1.82) is 0 Å². The van der Waals surface area contributed by atoms with E-state index in [9.17, 15) is 5.11 Å². The second-order valence-electron chi connectivity index (χ2n) is 4.27. The molecule has 0 aliphatic heterocycles. The number of fused-ring (bicyclic) bond motifs is 1. The summed E-state index contributed by atoms with van der Waals surface area (Å²) < 4.78 is 1.99. The molecule has 15 heavy (non-hydrogen) atoms. The highest BCUT2D eigenvalue weighted by Gasteiger charge is 2.11. The van der Waals surface area contributed by atoms with Gasteiger partial charge >= 0.3 is 0 Å². The number of hydrogen-bond donors (Lipinski definition) is 1. The van der Waals surface area contributed by atoms with Gasteiger partial charge in [-0.15, -0.1) is 0 Å². The Hall–Kier alpha value is -1.51. The molecule has 0 aliphatic rings. The lowest BCUT2D eigenvalue weighted by Crippen LogP contribution is -1.91. The highest BCUT2D eigenvalue weighted by atomic mass is 16.3. The molecule has 0 amide bonds. The molecule has 3 heteroatoms. The zero-order valence-corrected chi connectivity index (χ0v) is 9.57. The number of phenols is 1. The monoisotopic (exact) mass is 204 g/mol. The van der Waals surface area contributed by atoms with Gasteiger partial charge in [0.05, 0.1) is 11.0 Å². The fourth-order valence-corrected chi connectivity index (χ4v) is 1.83. The molecule has 0 spiro atoms. The van der Waals surface area contributed by atoms with Crippen molar-refractivity contribution < 1.29 is 5.11 Å². The van der Waals surface area contributed by atoms with Crippen LogP contribution in [0.2, 0.25) is 0 Å². The number of rotatable bonds is 1. The summed E-state index contributed by atoms with van der Waals surface area (Å²) in [6.45, 7) is 6.10. The number of nitrogens with zero attached hydrogens (tertiary/aromatic N) is 2. The number of benzene rings is 1. The number of aromatic hydroxyl groups is 1. The van der Waals surface area contributed by atoms with E-state index in [0.29, 0.717) is 11.7 Å². The second kappa shape index (κ2) is 3.26. The van der Waals surface area contributed by atoms with Gasteiger partial charge in [0.2, 0.25) is 0 Å². The minimum atomic E-state index is 0.316. The minimum absolute atomic E-state index is 0.316. The molecule has 2 rings (SSSR count). The zero-order chi connectivity index (χ0) is 11.2. The summed E-state index contributed by atoms with van der Waals surface area (Å²) in [4.78, 5) is 4.45. The molecule has 80 valence electrons. The van der Waals surface area contributed by atoms with Gasteiger partial charge in [0.15, 0.2) is 0 Å². The number of aromatic nitrogens is 2. The van der Waals surface area contributed by atoms with Crippen LogP contribution in [0.5, 0.6) is 5.75 Å². The fourth-order valence-electron chi connectivity index (χ4n) is 1.83. The molecule has 0 saturated carbocycles. The molecule has 2 aromatic rings. The van der Waals surface area contributed by atoms with Gasteiger partial charge in [0.25, 0.3) is 0 Å². The summed E-state index contributed by atoms with van der Waals surface area (Å²) in [7, 11) is 1.96. The van der Waals surface area contributed by atoms with Crippen LogP contribution < -0.4 is 0 Å². The Morgan fingerprint density at radius 1 is 1.33 bits per heavy atom. The van der Waals surface area contributed by atoms with Gasteiger partial charge < -0.3 is 9.67 Å². The van der Waals surface area contributed by atoms with Gasteiger partial charge in [0.1, 0.15) is 11.6 Å². The molecule has 1 N–H and O–H groups in total. The van der Waals surface area contributed by atoms with Crippen LogP contribution in [0.1, 0.15) is 31.2 Å². The smallest absolute Gasteiger partial charge is 0.121 e. The van der Waals surface area contributed by atoms with Crippen LogP contribution >= 0.6 is 0 Å². The van der Waals surface area contributed by atoms with E-state index in [1.165, 1.54) is 0 Å². The summed E-state index contributed by atoms with van der Waals surface area (Å²) in [5.74, 6) is 1.64. The Kier molecular flexibility index (Phi) is 2.18. The van der Waals surface area contributed by atoms with Crippen molar-refractivity contribution in [3.63, 3.8) is 0 Å². The highest BCUT2D eigenvalue weighted by molar-refractivity contribution is 5.79. The maximum absolute atomic E-state index is 9.87. The Morgan fingerprint density at radius 2 is 2.00 bits per heavy atom. The first-order valence-electron chi connectivity index (χ1n) is 5.16. The molecule has 1 aromatic carbocycles. The predicted molar refractivity (Wildman–Crippen MR) is 61.2 cm³/mol. The average Bonchev–Trinajstić information content (AvgIpc) is 2.43. The van der Waals surface area contributed by atoms with E-state index in [2.05, 4.69) is 18.8 Å². The van der Waals surface area contributed by atoms with E-state index >= 15 is 0 Å². The second-order valence-corrected chi connectivity index (χ2v) is 4.27. The number of imidazole rings is 1. The van der Waals surface area contributed by atoms with Crippen molar-refractivity contribution in [3.8, 4) is 5.75 Å². The molecule has 1 aromatic heterocycles. The first-order valence-corrected chi connectivity index (χ1v) is 5.16. The lowest BCUT2D eigenvalue weighted by molar-refractivity contribution is 0.465. The van der Waals surface area contributed by atoms with E-state index in [-0.39, 0.29) is 0 Å². The van der Waals surface area contributed by atoms with Gasteiger partial charge in [-0.3, -0.25) is 0 Å². The van der Waals surface area contributed by atoms with Crippen LogP contribution in [0.4, 0.5) is 0 Å². The first kappa shape index (κ1) is 10.0. The maximum atomic E-state index is 9.87. The van der Waals surface area contributed by atoms with Gasteiger partial charge in [-0.2, -0.15) is 0 Å². The fraction of sp³-hybridized carbons (Fsp3) is 0.417. The molecule has 0 radical (unpaired) electrons. The van der Waals surface area contributed by atoms with E-state index in [0.717, 1.165) is 22.4 Å². The van der Waals surface area contributed by atoms with Gasteiger partial charge in [0, 0.05) is 13.1 Å².